The molecule has 0 radical (unpaired) electrons. The molecule has 19 heavy (non-hydrogen) atoms. The summed E-state index contributed by atoms with van der Waals surface area (Å²) >= 11 is 1.93. The zero-order chi connectivity index (χ0) is 13.7. The van der Waals surface area contributed by atoms with Gasteiger partial charge in [0.15, 0.2) is 0 Å². The van der Waals surface area contributed by atoms with Gasteiger partial charge in [0.1, 0.15) is 11.6 Å². The maximum atomic E-state index is 5.39. The van der Waals surface area contributed by atoms with E-state index in [-0.39, 0.29) is 0 Å². The standard InChI is InChI=1S/C15H20N2OS/c1-4-19-10-11(2)17-15-13-6-5-7-14(18-3)12(13)8-9-16-15/h5-9,11H,4,10H2,1-3H3,(H,16,17). The Kier molecular flexibility index (Phi) is 4.91. The average Bonchev–Trinajstić information content (AvgIpc) is 2.45. The fourth-order valence-corrected chi connectivity index (χ4v) is 2.71. The molecule has 2 aromatic rings. The Bertz CT molecular complexity index is 545. The van der Waals surface area contributed by atoms with Crippen molar-refractivity contribution in [3.63, 3.8) is 0 Å². The number of anilines is 1. The molecule has 1 atom stereocenters. The third-order valence-corrected chi connectivity index (χ3v) is 4.09. The fraction of sp³-hybridized carbons (Fsp3) is 0.400. The lowest BCUT2D eigenvalue weighted by molar-refractivity contribution is 0.420. The predicted molar refractivity (Wildman–Crippen MR) is 84.4 cm³/mol. The number of nitrogens with one attached hydrogen (secondary N) is 1. The van der Waals surface area contributed by atoms with Crippen molar-refractivity contribution in [1.29, 1.82) is 0 Å². The van der Waals surface area contributed by atoms with Crippen molar-refractivity contribution in [3.05, 3.63) is 30.5 Å². The van der Waals surface area contributed by atoms with E-state index < -0.39 is 0 Å². The Balaban J connectivity index is 2.28. The van der Waals surface area contributed by atoms with Crippen LogP contribution in [0, 0.1) is 0 Å². The molecule has 0 fully saturated rings. The van der Waals surface area contributed by atoms with E-state index in [2.05, 4.69) is 30.2 Å². The molecule has 1 heterocycles. The normalized spacial score (nSPS) is 12.4. The Hall–Kier alpha value is -1.42. The van der Waals surface area contributed by atoms with Crippen LogP contribution in [0.4, 0.5) is 5.82 Å². The summed E-state index contributed by atoms with van der Waals surface area (Å²) in [5, 5.41) is 5.69. The molecular formula is C15H20N2OS. The van der Waals surface area contributed by atoms with E-state index in [9.17, 15) is 0 Å². The Labute approximate surface area is 118 Å². The molecule has 0 amide bonds. The van der Waals surface area contributed by atoms with Gasteiger partial charge in [0.05, 0.1) is 7.11 Å². The summed E-state index contributed by atoms with van der Waals surface area (Å²) in [4.78, 5) is 4.45. The van der Waals surface area contributed by atoms with Gasteiger partial charge in [-0.25, -0.2) is 4.98 Å². The number of aromatic nitrogens is 1. The first-order valence-electron chi connectivity index (χ1n) is 6.52. The Morgan fingerprint density at radius 2 is 2.16 bits per heavy atom. The topological polar surface area (TPSA) is 34.2 Å². The van der Waals surface area contributed by atoms with E-state index in [1.807, 2.05) is 36.2 Å². The molecule has 0 spiro atoms. The molecule has 0 aliphatic carbocycles. The first-order chi connectivity index (χ1) is 9.26. The molecule has 2 rings (SSSR count). The molecule has 1 aromatic carbocycles. The number of methoxy groups -OCH3 is 1. The van der Waals surface area contributed by atoms with Gasteiger partial charge in [-0.1, -0.05) is 19.1 Å². The largest absolute Gasteiger partial charge is 0.496 e. The summed E-state index contributed by atoms with van der Waals surface area (Å²) in [6.45, 7) is 4.36. The van der Waals surface area contributed by atoms with Crippen molar-refractivity contribution in [1.82, 2.24) is 4.98 Å². The molecular weight excluding hydrogens is 256 g/mol. The van der Waals surface area contributed by atoms with E-state index in [0.717, 1.165) is 33.8 Å². The second-order valence-electron chi connectivity index (χ2n) is 4.42. The second-order valence-corrected chi connectivity index (χ2v) is 5.74. The average molecular weight is 276 g/mol. The van der Waals surface area contributed by atoms with E-state index in [0.29, 0.717) is 6.04 Å². The molecule has 0 saturated heterocycles. The van der Waals surface area contributed by atoms with E-state index in [1.165, 1.54) is 0 Å². The number of hydrogen-bond acceptors (Lipinski definition) is 4. The van der Waals surface area contributed by atoms with Gasteiger partial charge < -0.3 is 10.1 Å². The molecule has 0 saturated carbocycles. The van der Waals surface area contributed by atoms with Crippen molar-refractivity contribution < 1.29 is 4.74 Å². The highest BCUT2D eigenvalue weighted by Gasteiger charge is 2.08. The summed E-state index contributed by atoms with van der Waals surface area (Å²) in [6, 6.07) is 8.44. The highest BCUT2D eigenvalue weighted by Crippen LogP contribution is 2.29. The van der Waals surface area contributed by atoms with Crippen LogP contribution in [0.2, 0.25) is 0 Å². The highest BCUT2D eigenvalue weighted by atomic mass is 32.2. The lowest BCUT2D eigenvalue weighted by atomic mass is 10.1. The van der Waals surface area contributed by atoms with Crippen LogP contribution in [0.15, 0.2) is 30.5 Å². The number of fused-ring (bicyclic) bond motifs is 1. The van der Waals surface area contributed by atoms with Gasteiger partial charge in [-0.05, 0) is 24.8 Å². The highest BCUT2D eigenvalue weighted by molar-refractivity contribution is 7.99. The molecule has 0 aliphatic rings. The maximum absolute atomic E-state index is 5.39. The summed E-state index contributed by atoms with van der Waals surface area (Å²) in [6.07, 6.45) is 1.83. The monoisotopic (exact) mass is 276 g/mol. The lowest BCUT2D eigenvalue weighted by Crippen LogP contribution is -2.19. The number of ether oxygens (including phenoxy) is 1. The zero-order valence-electron chi connectivity index (χ0n) is 11.6. The van der Waals surface area contributed by atoms with Gasteiger partial charge in [0.2, 0.25) is 0 Å². The minimum Gasteiger partial charge on any atom is -0.496 e. The SMILES string of the molecule is CCSCC(C)Nc1nccc2c(OC)cccc12. The van der Waals surface area contributed by atoms with Crippen LogP contribution in [0.25, 0.3) is 10.8 Å². The smallest absolute Gasteiger partial charge is 0.134 e. The van der Waals surface area contributed by atoms with Crippen LogP contribution in [-0.4, -0.2) is 29.6 Å². The summed E-state index contributed by atoms with van der Waals surface area (Å²) in [7, 11) is 1.70. The minimum absolute atomic E-state index is 0.397. The van der Waals surface area contributed by atoms with Crippen LogP contribution in [0.3, 0.4) is 0 Å². The lowest BCUT2D eigenvalue weighted by Gasteiger charge is -2.16. The van der Waals surface area contributed by atoms with Crippen LogP contribution in [0.1, 0.15) is 13.8 Å². The molecule has 1 unspecified atom stereocenters. The second kappa shape index (κ2) is 6.66. The number of rotatable bonds is 6. The fourth-order valence-electron chi connectivity index (χ4n) is 2.04. The van der Waals surface area contributed by atoms with Crippen molar-refractivity contribution in [2.75, 3.05) is 23.9 Å². The van der Waals surface area contributed by atoms with Crippen LogP contribution < -0.4 is 10.1 Å². The zero-order valence-corrected chi connectivity index (χ0v) is 12.5. The first-order valence-corrected chi connectivity index (χ1v) is 7.67. The third kappa shape index (κ3) is 3.32. The Morgan fingerprint density at radius 1 is 1.32 bits per heavy atom. The van der Waals surface area contributed by atoms with Crippen LogP contribution in [0.5, 0.6) is 5.75 Å². The van der Waals surface area contributed by atoms with Crippen molar-refractivity contribution in [2.45, 2.75) is 19.9 Å². The van der Waals surface area contributed by atoms with Gasteiger partial charge >= 0.3 is 0 Å². The maximum Gasteiger partial charge on any atom is 0.134 e. The quantitative estimate of drug-likeness (QED) is 0.870. The number of hydrogen-bond donors (Lipinski definition) is 1. The van der Waals surface area contributed by atoms with Crippen LogP contribution in [-0.2, 0) is 0 Å². The summed E-state index contributed by atoms with van der Waals surface area (Å²) in [5.74, 6) is 4.04. The van der Waals surface area contributed by atoms with Gasteiger partial charge in [0.25, 0.3) is 0 Å². The van der Waals surface area contributed by atoms with Gasteiger partial charge in [-0.15, -0.1) is 0 Å². The van der Waals surface area contributed by atoms with E-state index >= 15 is 0 Å². The molecule has 1 N–H and O–H groups in total. The van der Waals surface area contributed by atoms with Crippen molar-refractivity contribution in [3.8, 4) is 5.75 Å². The molecule has 1 aromatic heterocycles. The number of nitrogens with zero attached hydrogens (tertiary/aromatic N) is 1. The molecule has 0 aliphatic heterocycles. The van der Waals surface area contributed by atoms with Gasteiger partial charge in [0, 0.05) is 28.8 Å². The van der Waals surface area contributed by atoms with E-state index in [4.69, 9.17) is 4.74 Å². The molecule has 102 valence electrons. The van der Waals surface area contributed by atoms with E-state index in [1.54, 1.807) is 7.11 Å². The minimum atomic E-state index is 0.397. The summed E-state index contributed by atoms with van der Waals surface area (Å²) < 4.78 is 5.39. The van der Waals surface area contributed by atoms with Crippen molar-refractivity contribution in [2.24, 2.45) is 0 Å². The number of pyridine rings is 1. The van der Waals surface area contributed by atoms with Gasteiger partial charge in [-0.2, -0.15) is 11.8 Å². The molecule has 3 nitrogen and oxygen atoms in total. The number of thioether (sulfide) groups is 1. The molecule has 4 heteroatoms. The number of benzene rings is 1. The van der Waals surface area contributed by atoms with Crippen molar-refractivity contribution >= 4 is 28.4 Å². The van der Waals surface area contributed by atoms with Crippen LogP contribution >= 0.6 is 11.8 Å². The first kappa shape index (κ1) is 14.0. The predicted octanol–water partition coefficient (Wildman–Crippen LogP) is 3.80. The molecule has 0 bridgehead atoms. The Morgan fingerprint density at radius 3 is 2.89 bits per heavy atom. The summed E-state index contributed by atoms with van der Waals surface area (Å²) in [5.41, 5.74) is 0. The third-order valence-electron chi connectivity index (χ3n) is 2.94. The van der Waals surface area contributed by atoms with Gasteiger partial charge in [-0.3, -0.25) is 0 Å².